The van der Waals surface area contributed by atoms with Gasteiger partial charge in [-0.3, -0.25) is 0 Å². The van der Waals surface area contributed by atoms with E-state index in [1.807, 2.05) is 25.1 Å². The molecular weight excluding hydrogens is 288 g/mol. The van der Waals surface area contributed by atoms with E-state index in [-0.39, 0.29) is 5.56 Å². The van der Waals surface area contributed by atoms with Gasteiger partial charge in [0.2, 0.25) is 0 Å². The molecule has 108 valence electrons. The molecule has 2 aromatic heterocycles. The molecule has 0 unspecified atom stereocenters. The lowest BCUT2D eigenvalue weighted by molar-refractivity contribution is 0.0695. The average Bonchev–Trinajstić information content (AvgIpc) is 2.99. The second kappa shape index (κ2) is 5.29. The second-order valence-electron chi connectivity index (χ2n) is 4.84. The SMILES string of the molecule is Cc1ccc2nc(SCc3cc(C(=O)O)c(C)o3)[nH]c2c1. The molecule has 21 heavy (non-hydrogen) atoms. The lowest BCUT2D eigenvalue weighted by atomic mass is 10.2. The fourth-order valence-corrected chi connectivity index (χ4v) is 2.90. The third kappa shape index (κ3) is 2.80. The van der Waals surface area contributed by atoms with Crippen LogP contribution in [0.25, 0.3) is 11.0 Å². The third-order valence-electron chi connectivity index (χ3n) is 3.17. The summed E-state index contributed by atoms with van der Waals surface area (Å²) in [5.41, 5.74) is 3.31. The molecule has 0 saturated heterocycles. The molecule has 0 atom stereocenters. The molecule has 0 saturated carbocycles. The summed E-state index contributed by atoms with van der Waals surface area (Å²) in [6, 6.07) is 7.61. The van der Waals surface area contributed by atoms with Crippen molar-refractivity contribution >= 4 is 28.8 Å². The first-order chi connectivity index (χ1) is 10.0. The fraction of sp³-hybridized carbons (Fsp3) is 0.200. The summed E-state index contributed by atoms with van der Waals surface area (Å²) in [6.07, 6.45) is 0. The van der Waals surface area contributed by atoms with Crippen LogP contribution in [-0.2, 0) is 5.75 Å². The topological polar surface area (TPSA) is 79.1 Å². The predicted octanol–water partition coefficient (Wildman–Crippen LogP) is 3.76. The van der Waals surface area contributed by atoms with Crippen LogP contribution in [0.2, 0.25) is 0 Å². The predicted molar refractivity (Wildman–Crippen MR) is 80.8 cm³/mol. The highest BCUT2D eigenvalue weighted by Gasteiger charge is 2.14. The monoisotopic (exact) mass is 302 g/mol. The Balaban J connectivity index is 1.77. The number of benzene rings is 1. The van der Waals surface area contributed by atoms with E-state index in [1.165, 1.54) is 17.3 Å². The standard InChI is InChI=1S/C15H14N2O3S/c1-8-3-4-12-13(5-8)17-15(16-12)21-7-10-6-11(14(18)19)9(2)20-10/h3-6H,7H2,1-2H3,(H,16,17)(H,18,19). The summed E-state index contributed by atoms with van der Waals surface area (Å²) in [4.78, 5) is 18.7. The number of furan rings is 1. The number of imidazole rings is 1. The van der Waals surface area contributed by atoms with Crippen LogP contribution < -0.4 is 0 Å². The zero-order valence-corrected chi connectivity index (χ0v) is 12.5. The van der Waals surface area contributed by atoms with Gasteiger partial charge in [0, 0.05) is 0 Å². The van der Waals surface area contributed by atoms with Crippen molar-refractivity contribution in [3.8, 4) is 0 Å². The summed E-state index contributed by atoms with van der Waals surface area (Å²) in [6.45, 7) is 3.69. The molecule has 2 N–H and O–H groups in total. The Bertz CT molecular complexity index is 820. The number of carbonyl (C=O) groups is 1. The van der Waals surface area contributed by atoms with E-state index in [0.717, 1.165) is 16.2 Å². The largest absolute Gasteiger partial charge is 0.478 e. The number of hydrogen-bond acceptors (Lipinski definition) is 4. The molecule has 5 nitrogen and oxygen atoms in total. The van der Waals surface area contributed by atoms with E-state index >= 15 is 0 Å². The lowest BCUT2D eigenvalue weighted by Gasteiger charge is -1.93. The Hall–Kier alpha value is -2.21. The van der Waals surface area contributed by atoms with E-state index in [2.05, 4.69) is 9.97 Å². The molecule has 0 radical (unpaired) electrons. The highest BCUT2D eigenvalue weighted by molar-refractivity contribution is 7.98. The minimum atomic E-state index is -0.966. The van der Waals surface area contributed by atoms with E-state index < -0.39 is 5.97 Å². The van der Waals surface area contributed by atoms with Crippen molar-refractivity contribution in [3.05, 3.63) is 46.9 Å². The van der Waals surface area contributed by atoms with Crippen molar-refractivity contribution in [1.82, 2.24) is 9.97 Å². The van der Waals surface area contributed by atoms with Gasteiger partial charge in [0.05, 0.1) is 16.8 Å². The van der Waals surface area contributed by atoms with Crippen LogP contribution >= 0.6 is 11.8 Å². The van der Waals surface area contributed by atoms with Crippen LogP contribution in [0, 0.1) is 13.8 Å². The number of nitrogens with zero attached hydrogens (tertiary/aromatic N) is 1. The molecule has 2 heterocycles. The number of aromatic amines is 1. The number of aromatic carboxylic acids is 1. The highest BCUT2D eigenvalue weighted by Crippen LogP contribution is 2.25. The maximum atomic E-state index is 11.0. The van der Waals surface area contributed by atoms with Gasteiger partial charge in [0.25, 0.3) is 0 Å². The normalized spacial score (nSPS) is 11.1. The van der Waals surface area contributed by atoms with Crippen molar-refractivity contribution in [1.29, 1.82) is 0 Å². The second-order valence-corrected chi connectivity index (χ2v) is 5.80. The molecule has 0 spiro atoms. The number of carboxylic acid groups (broad SMARTS) is 1. The Morgan fingerprint density at radius 2 is 2.19 bits per heavy atom. The first kappa shape index (κ1) is 13.8. The van der Waals surface area contributed by atoms with Crippen LogP contribution in [0.5, 0.6) is 0 Å². The molecule has 3 rings (SSSR count). The zero-order valence-electron chi connectivity index (χ0n) is 11.6. The Morgan fingerprint density at radius 3 is 2.90 bits per heavy atom. The Morgan fingerprint density at radius 1 is 1.38 bits per heavy atom. The van der Waals surface area contributed by atoms with Gasteiger partial charge in [-0.1, -0.05) is 17.8 Å². The minimum absolute atomic E-state index is 0.214. The Kier molecular flexibility index (Phi) is 3.47. The third-order valence-corrected chi connectivity index (χ3v) is 4.06. The number of H-pyrrole nitrogens is 1. The van der Waals surface area contributed by atoms with E-state index in [1.54, 1.807) is 13.0 Å². The molecule has 0 aliphatic carbocycles. The van der Waals surface area contributed by atoms with Crippen LogP contribution in [0.1, 0.15) is 27.4 Å². The van der Waals surface area contributed by atoms with Gasteiger partial charge < -0.3 is 14.5 Å². The van der Waals surface area contributed by atoms with Gasteiger partial charge in [0.1, 0.15) is 17.1 Å². The number of thioether (sulfide) groups is 1. The average molecular weight is 302 g/mol. The van der Waals surface area contributed by atoms with Crippen molar-refractivity contribution in [2.75, 3.05) is 0 Å². The van der Waals surface area contributed by atoms with Gasteiger partial charge in [-0.15, -0.1) is 0 Å². The van der Waals surface area contributed by atoms with Crippen molar-refractivity contribution in [3.63, 3.8) is 0 Å². The molecule has 0 aliphatic heterocycles. The first-order valence-electron chi connectivity index (χ1n) is 6.44. The maximum Gasteiger partial charge on any atom is 0.339 e. The summed E-state index contributed by atoms with van der Waals surface area (Å²) < 4.78 is 5.45. The van der Waals surface area contributed by atoms with Gasteiger partial charge in [-0.25, -0.2) is 9.78 Å². The van der Waals surface area contributed by atoms with Gasteiger partial charge in [-0.05, 0) is 37.6 Å². The van der Waals surface area contributed by atoms with Crippen LogP contribution in [-0.4, -0.2) is 21.0 Å². The minimum Gasteiger partial charge on any atom is -0.478 e. The molecular formula is C15H14N2O3S. The summed E-state index contributed by atoms with van der Waals surface area (Å²) >= 11 is 1.49. The van der Waals surface area contributed by atoms with Crippen molar-refractivity contribution in [2.24, 2.45) is 0 Å². The molecule has 3 aromatic rings. The number of hydrogen-bond donors (Lipinski definition) is 2. The molecule has 0 bridgehead atoms. The van der Waals surface area contributed by atoms with Gasteiger partial charge in [0.15, 0.2) is 5.16 Å². The quantitative estimate of drug-likeness (QED) is 0.717. The summed E-state index contributed by atoms with van der Waals surface area (Å²) in [7, 11) is 0. The van der Waals surface area contributed by atoms with Crippen molar-refractivity contribution in [2.45, 2.75) is 24.8 Å². The van der Waals surface area contributed by atoms with Crippen LogP contribution in [0.3, 0.4) is 0 Å². The van der Waals surface area contributed by atoms with E-state index in [0.29, 0.717) is 17.3 Å². The number of carboxylic acids is 1. The van der Waals surface area contributed by atoms with E-state index in [4.69, 9.17) is 9.52 Å². The smallest absolute Gasteiger partial charge is 0.339 e. The number of fused-ring (bicyclic) bond motifs is 1. The van der Waals surface area contributed by atoms with Gasteiger partial charge >= 0.3 is 5.97 Å². The molecule has 0 fully saturated rings. The molecule has 0 aliphatic rings. The van der Waals surface area contributed by atoms with Crippen molar-refractivity contribution < 1.29 is 14.3 Å². The fourth-order valence-electron chi connectivity index (χ4n) is 2.14. The summed E-state index contributed by atoms with van der Waals surface area (Å²) in [5, 5.41) is 9.79. The molecule has 0 amide bonds. The number of aryl methyl sites for hydroxylation is 2. The lowest BCUT2D eigenvalue weighted by Crippen LogP contribution is -1.94. The number of rotatable bonds is 4. The van der Waals surface area contributed by atoms with Gasteiger partial charge in [-0.2, -0.15) is 0 Å². The van der Waals surface area contributed by atoms with Crippen LogP contribution in [0.15, 0.2) is 33.8 Å². The first-order valence-corrected chi connectivity index (χ1v) is 7.43. The Labute approximate surface area is 125 Å². The number of aromatic nitrogens is 2. The maximum absolute atomic E-state index is 11.0. The summed E-state index contributed by atoms with van der Waals surface area (Å²) in [5.74, 6) is 0.629. The van der Waals surface area contributed by atoms with E-state index in [9.17, 15) is 4.79 Å². The highest BCUT2D eigenvalue weighted by atomic mass is 32.2. The molecule has 6 heteroatoms. The molecule has 1 aromatic carbocycles. The van der Waals surface area contributed by atoms with Crippen LogP contribution in [0.4, 0.5) is 0 Å². The zero-order chi connectivity index (χ0) is 15.0. The number of nitrogens with one attached hydrogen (secondary N) is 1.